The van der Waals surface area contributed by atoms with Gasteiger partial charge in [0, 0.05) is 18.9 Å². The number of para-hydroxylation sites is 1. The smallest absolute Gasteiger partial charge is 0.261 e. The summed E-state index contributed by atoms with van der Waals surface area (Å²) in [5, 5.41) is 4.12. The van der Waals surface area contributed by atoms with E-state index in [0.717, 1.165) is 28.3 Å². The second-order valence-electron chi connectivity index (χ2n) is 7.04. The number of ether oxygens (including phenoxy) is 1. The molecule has 2 unspecified atom stereocenters. The number of fused-ring (bicyclic) bond motifs is 2. The largest absolute Gasteiger partial charge is 0.480 e. The normalized spacial score (nSPS) is 17.0. The number of nitrogens with one attached hydrogen (secondary N) is 1. The van der Waals surface area contributed by atoms with Gasteiger partial charge in [-0.05, 0) is 55.7 Å². The summed E-state index contributed by atoms with van der Waals surface area (Å²) in [7, 11) is 0. The predicted octanol–water partition coefficient (Wildman–Crippen LogP) is 3.96. The highest BCUT2D eigenvalue weighted by Crippen LogP contribution is 2.31. The lowest BCUT2D eigenvalue weighted by Gasteiger charge is -2.16. The van der Waals surface area contributed by atoms with Gasteiger partial charge >= 0.3 is 0 Å². The third-order valence-corrected chi connectivity index (χ3v) is 5.91. The van der Waals surface area contributed by atoms with Crippen molar-refractivity contribution in [2.45, 2.75) is 45.8 Å². The SMILES string of the molecule is Cc1cc2c(cc1C)OC(C(=O)NC(C)Cc1nc3ccccc3s1)C2. The Hall–Kier alpha value is -2.40. The number of carbonyl (C=O) groups excluding carboxylic acids is 1. The minimum atomic E-state index is -0.441. The molecule has 1 N–H and O–H groups in total. The van der Waals surface area contributed by atoms with Crippen LogP contribution in [0.2, 0.25) is 0 Å². The fourth-order valence-corrected chi connectivity index (χ4v) is 4.41. The summed E-state index contributed by atoms with van der Waals surface area (Å²) in [5.41, 5.74) is 4.56. The topological polar surface area (TPSA) is 51.2 Å². The Morgan fingerprint density at radius 3 is 2.88 bits per heavy atom. The van der Waals surface area contributed by atoms with Crippen LogP contribution < -0.4 is 10.1 Å². The Morgan fingerprint density at radius 1 is 1.31 bits per heavy atom. The quantitative estimate of drug-likeness (QED) is 0.760. The van der Waals surface area contributed by atoms with E-state index in [-0.39, 0.29) is 11.9 Å². The number of amides is 1. The van der Waals surface area contributed by atoms with E-state index in [1.54, 1.807) is 11.3 Å². The maximum atomic E-state index is 12.6. The molecule has 2 aromatic carbocycles. The van der Waals surface area contributed by atoms with Crippen LogP contribution in [0, 0.1) is 13.8 Å². The minimum Gasteiger partial charge on any atom is -0.480 e. The molecule has 1 amide bonds. The van der Waals surface area contributed by atoms with Crippen LogP contribution in [0.4, 0.5) is 0 Å². The average molecular weight is 366 g/mol. The second kappa shape index (κ2) is 6.72. The second-order valence-corrected chi connectivity index (χ2v) is 8.16. The van der Waals surface area contributed by atoms with Crippen LogP contribution >= 0.6 is 11.3 Å². The monoisotopic (exact) mass is 366 g/mol. The molecule has 2 atom stereocenters. The fraction of sp³-hybridized carbons (Fsp3) is 0.333. The molecule has 0 saturated carbocycles. The Morgan fingerprint density at radius 2 is 2.08 bits per heavy atom. The summed E-state index contributed by atoms with van der Waals surface area (Å²) >= 11 is 1.68. The summed E-state index contributed by atoms with van der Waals surface area (Å²) < 4.78 is 7.06. The zero-order chi connectivity index (χ0) is 18.3. The van der Waals surface area contributed by atoms with E-state index in [4.69, 9.17) is 4.74 Å². The molecule has 4 rings (SSSR count). The average Bonchev–Trinajstić information content (AvgIpc) is 3.18. The van der Waals surface area contributed by atoms with Gasteiger partial charge in [0.15, 0.2) is 6.10 Å². The van der Waals surface area contributed by atoms with E-state index in [9.17, 15) is 4.79 Å². The minimum absolute atomic E-state index is 0.0128. The number of hydrogen-bond acceptors (Lipinski definition) is 4. The first kappa shape index (κ1) is 17.0. The molecule has 1 aliphatic rings. The van der Waals surface area contributed by atoms with Crippen molar-refractivity contribution in [2.24, 2.45) is 0 Å². The van der Waals surface area contributed by atoms with Crippen molar-refractivity contribution in [2.75, 3.05) is 0 Å². The molecule has 0 radical (unpaired) electrons. The lowest BCUT2D eigenvalue weighted by atomic mass is 10.0. The molecule has 0 aliphatic carbocycles. The third kappa shape index (κ3) is 3.31. The van der Waals surface area contributed by atoms with Gasteiger partial charge in [-0.3, -0.25) is 4.79 Å². The van der Waals surface area contributed by atoms with Crippen LogP contribution in [0.3, 0.4) is 0 Å². The van der Waals surface area contributed by atoms with Gasteiger partial charge < -0.3 is 10.1 Å². The van der Waals surface area contributed by atoms with Gasteiger partial charge in [0.25, 0.3) is 5.91 Å². The Labute approximate surface area is 157 Å². The summed E-state index contributed by atoms with van der Waals surface area (Å²) in [6.45, 7) is 6.16. The number of rotatable bonds is 4. The molecule has 1 aromatic heterocycles. The van der Waals surface area contributed by atoms with Crippen LogP contribution in [0.1, 0.15) is 28.6 Å². The number of nitrogens with zero attached hydrogens (tertiary/aromatic N) is 1. The Bertz CT molecular complexity index is 915. The van der Waals surface area contributed by atoms with E-state index >= 15 is 0 Å². The molecule has 5 heteroatoms. The van der Waals surface area contributed by atoms with E-state index in [1.165, 1.54) is 15.8 Å². The van der Waals surface area contributed by atoms with Crippen molar-refractivity contribution < 1.29 is 9.53 Å². The van der Waals surface area contributed by atoms with Gasteiger partial charge in [0.2, 0.25) is 0 Å². The number of benzene rings is 2. The van der Waals surface area contributed by atoms with Gasteiger partial charge in [0.1, 0.15) is 5.75 Å². The van der Waals surface area contributed by atoms with Crippen molar-refractivity contribution in [3.8, 4) is 5.75 Å². The zero-order valence-corrected chi connectivity index (χ0v) is 16.0. The molecule has 134 valence electrons. The van der Waals surface area contributed by atoms with Gasteiger partial charge in [-0.2, -0.15) is 0 Å². The summed E-state index contributed by atoms with van der Waals surface area (Å²) in [6.07, 6.45) is 0.920. The van der Waals surface area contributed by atoms with E-state index in [1.807, 2.05) is 31.2 Å². The van der Waals surface area contributed by atoms with E-state index in [0.29, 0.717) is 6.42 Å². The molecule has 4 nitrogen and oxygen atoms in total. The zero-order valence-electron chi connectivity index (χ0n) is 15.2. The molecule has 0 fully saturated rings. The highest BCUT2D eigenvalue weighted by atomic mass is 32.1. The van der Waals surface area contributed by atoms with E-state index in [2.05, 4.69) is 36.3 Å². The van der Waals surface area contributed by atoms with Crippen LogP contribution in [0.5, 0.6) is 5.75 Å². The molecule has 0 spiro atoms. The lowest BCUT2D eigenvalue weighted by molar-refractivity contribution is -0.127. The van der Waals surface area contributed by atoms with Crippen LogP contribution in [0.25, 0.3) is 10.2 Å². The standard InChI is InChI=1S/C21H22N2O2S/c1-12-8-15-11-18(25-17(15)9-13(12)2)21(24)22-14(3)10-20-23-16-6-4-5-7-19(16)26-20/h4-9,14,18H,10-11H2,1-3H3,(H,22,24). The lowest BCUT2D eigenvalue weighted by Crippen LogP contribution is -2.42. The molecule has 0 bridgehead atoms. The van der Waals surface area contributed by atoms with Crippen molar-refractivity contribution >= 4 is 27.5 Å². The van der Waals surface area contributed by atoms with Crippen molar-refractivity contribution in [3.05, 3.63) is 58.1 Å². The molecule has 3 aromatic rings. The number of aromatic nitrogens is 1. The van der Waals surface area contributed by atoms with Gasteiger partial charge in [0.05, 0.1) is 15.2 Å². The van der Waals surface area contributed by atoms with E-state index < -0.39 is 6.10 Å². The highest BCUT2D eigenvalue weighted by molar-refractivity contribution is 7.18. The van der Waals surface area contributed by atoms with Gasteiger partial charge in [-0.1, -0.05) is 18.2 Å². The third-order valence-electron chi connectivity index (χ3n) is 4.85. The number of carbonyl (C=O) groups is 1. The molecule has 1 aliphatic heterocycles. The van der Waals surface area contributed by atoms with Crippen LogP contribution in [-0.4, -0.2) is 23.0 Å². The van der Waals surface area contributed by atoms with Crippen molar-refractivity contribution in [1.82, 2.24) is 10.3 Å². The van der Waals surface area contributed by atoms with Gasteiger partial charge in [-0.25, -0.2) is 4.98 Å². The predicted molar refractivity (Wildman–Crippen MR) is 105 cm³/mol. The van der Waals surface area contributed by atoms with Crippen molar-refractivity contribution in [3.63, 3.8) is 0 Å². The number of hydrogen-bond donors (Lipinski definition) is 1. The van der Waals surface area contributed by atoms with Crippen LogP contribution in [-0.2, 0) is 17.6 Å². The maximum absolute atomic E-state index is 12.6. The number of thiazole rings is 1. The van der Waals surface area contributed by atoms with Gasteiger partial charge in [-0.15, -0.1) is 11.3 Å². The summed E-state index contributed by atoms with van der Waals surface area (Å²) in [5.74, 6) is 0.789. The summed E-state index contributed by atoms with van der Waals surface area (Å²) in [4.78, 5) is 17.2. The molecular formula is C21H22N2O2S. The van der Waals surface area contributed by atoms with Crippen LogP contribution in [0.15, 0.2) is 36.4 Å². The first-order chi connectivity index (χ1) is 12.5. The first-order valence-electron chi connectivity index (χ1n) is 8.91. The summed E-state index contributed by atoms with van der Waals surface area (Å²) in [6, 6.07) is 12.3. The molecule has 26 heavy (non-hydrogen) atoms. The fourth-order valence-electron chi connectivity index (χ4n) is 3.32. The molecule has 0 saturated heterocycles. The Balaban J connectivity index is 1.38. The maximum Gasteiger partial charge on any atom is 0.261 e. The van der Waals surface area contributed by atoms with Crippen molar-refractivity contribution in [1.29, 1.82) is 0 Å². The highest BCUT2D eigenvalue weighted by Gasteiger charge is 2.30. The first-order valence-corrected chi connectivity index (χ1v) is 9.73. The molecule has 2 heterocycles. The Kier molecular flexibility index (Phi) is 4.41. The number of aryl methyl sites for hydroxylation is 2. The molecular weight excluding hydrogens is 344 g/mol.